The number of nitrogens with zero attached hydrogens (tertiary/aromatic N) is 1. The number of hydrogen-bond donors (Lipinski definition) is 1. The fraction of sp³-hybridized carbons (Fsp3) is 0.226. The van der Waals surface area contributed by atoms with Crippen LogP contribution >= 0.6 is 11.6 Å². The normalized spacial score (nSPS) is 17.7. The summed E-state index contributed by atoms with van der Waals surface area (Å²) in [7, 11) is -6.58. The molecule has 224 valence electrons. The number of amides is 1. The van der Waals surface area contributed by atoms with Gasteiger partial charge in [0.2, 0.25) is 15.9 Å². The van der Waals surface area contributed by atoms with Crippen molar-refractivity contribution in [2.75, 3.05) is 24.8 Å². The van der Waals surface area contributed by atoms with Crippen LogP contribution in [0.3, 0.4) is 0 Å². The molecule has 4 aromatic carbocycles. The Labute approximate surface area is 255 Å². The summed E-state index contributed by atoms with van der Waals surface area (Å²) in [5.74, 6) is -1.33. The van der Waals surface area contributed by atoms with E-state index in [9.17, 15) is 26.4 Å². The zero-order valence-electron chi connectivity index (χ0n) is 23.4. The minimum atomic E-state index is -4.27. The minimum absolute atomic E-state index is 0.0645. The molecule has 1 amide bonds. The van der Waals surface area contributed by atoms with E-state index in [0.717, 1.165) is 11.6 Å². The topological polar surface area (TPSA) is 127 Å². The van der Waals surface area contributed by atoms with E-state index in [0.29, 0.717) is 40.2 Å². The Kier molecular flexibility index (Phi) is 8.36. The van der Waals surface area contributed by atoms with Crippen LogP contribution in [0.4, 0.5) is 5.69 Å². The summed E-state index contributed by atoms with van der Waals surface area (Å²) >= 11 is 6.06. The van der Waals surface area contributed by atoms with Crippen molar-refractivity contribution in [1.29, 1.82) is 0 Å². The summed E-state index contributed by atoms with van der Waals surface area (Å²) in [6, 6.07) is 23.0. The molecule has 1 heterocycles. The number of benzene rings is 4. The predicted molar refractivity (Wildman–Crippen MR) is 165 cm³/mol. The third-order valence-corrected chi connectivity index (χ3v) is 10.4. The van der Waals surface area contributed by atoms with Gasteiger partial charge in [-0.3, -0.25) is 9.59 Å². The average Bonchev–Trinajstić information content (AvgIpc) is 2.97. The van der Waals surface area contributed by atoms with Gasteiger partial charge < -0.3 is 9.64 Å². The second-order valence-corrected chi connectivity index (χ2v) is 14.6. The lowest BCUT2D eigenvalue weighted by molar-refractivity contribution is -0.145. The number of nitrogens with one attached hydrogen (secondary N) is 1. The molecule has 1 aliphatic heterocycles. The molecule has 4 aromatic rings. The van der Waals surface area contributed by atoms with Gasteiger partial charge in [-0.15, -0.1) is 0 Å². The van der Waals surface area contributed by atoms with Gasteiger partial charge >= 0.3 is 5.97 Å². The van der Waals surface area contributed by atoms with Crippen LogP contribution in [0, 0.1) is 0 Å². The molecule has 0 radical (unpaired) electrons. The van der Waals surface area contributed by atoms with Crippen molar-refractivity contribution in [2.45, 2.75) is 34.6 Å². The van der Waals surface area contributed by atoms with Crippen LogP contribution in [0.1, 0.15) is 19.3 Å². The second kappa shape index (κ2) is 11.7. The van der Waals surface area contributed by atoms with Gasteiger partial charge in [0.15, 0.2) is 9.84 Å². The van der Waals surface area contributed by atoms with E-state index in [2.05, 4.69) is 4.72 Å². The average molecular weight is 641 g/mol. The highest BCUT2D eigenvalue weighted by Gasteiger charge is 2.49. The van der Waals surface area contributed by atoms with E-state index in [1.165, 1.54) is 30.2 Å². The minimum Gasteiger partial charge on any atom is -0.469 e. The van der Waals surface area contributed by atoms with E-state index in [1.54, 1.807) is 66.7 Å². The summed E-state index contributed by atoms with van der Waals surface area (Å²) in [5, 5.41) is 1.90. The number of methoxy groups -OCH3 is 1. The summed E-state index contributed by atoms with van der Waals surface area (Å²) in [6.07, 6.45) is 1.13. The molecule has 1 atom stereocenters. The number of sulfone groups is 1. The monoisotopic (exact) mass is 640 g/mol. The summed E-state index contributed by atoms with van der Waals surface area (Å²) in [6.45, 7) is 0.291. The molecule has 1 N–H and O–H groups in total. The quantitative estimate of drug-likeness (QED) is 0.269. The number of sulfonamides is 1. The van der Waals surface area contributed by atoms with Crippen molar-refractivity contribution >= 4 is 59.8 Å². The number of hydrogen-bond acceptors (Lipinski definition) is 7. The smallest absolute Gasteiger partial charge is 0.307 e. The van der Waals surface area contributed by atoms with Crippen molar-refractivity contribution in [2.24, 2.45) is 0 Å². The lowest BCUT2D eigenvalue weighted by Gasteiger charge is -2.41. The van der Waals surface area contributed by atoms with Gasteiger partial charge in [0.1, 0.15) is 5.54 Å². The van der Waals surface area contributed by atoms with Gasteiger partial charge in [-0.05, 0) is 71.6 Å². The predicted octanol–water partition coefficient (Wildman–Crippen LogP) is 4.97. The Morgan fingerprint density at radius 1 is 0.953 bits per heavy atom. The van der Waals surface area contributed by atoms with Gasteiger partial charge in [0.25, 0.3) is 0 Å². The SMILES string of the molecule is COC(=O)CC1(NS(=O)(=O)c2ccc3cc(Cl)ccc3c2)CCCN(c2ccc(-c3ccccc3S(C)(=O)=O)cc2)C1=O. The maximum Gasteiger partial charge on any atom is 0.307 e. The molecule has 0 saturated carbocycles. The first-order chi connectivity index (χ1) is 20.3. The first-order valence-electron chi connectivity index (χ1n) is 13.3. The van der Waals surface area contributed by atoms with Gasteiger partial charge in [-0.2, -0.15) is 4.72 Å². The van der Waals surface area contributed by atoms with E-state index in [4.69, 9.17) is 16.3 Å². The fourth-order valence-electron chi connectivity index (χ4n) is 5.39. The van der Waals surface area contributed by atoms with Gasteiger partial charge in [0.05, 0.1) is 23.3 Å². The number of carbonyl (C=O) groups excluding carboxylic acids is 2. The van der Waals surface area contributed by atoms with Crippen molar-refractivity contribution < 1.29 is 31.2 Å². The lowest BCUT2D eigenvalue weighted by Crippen LogP contribution is -2.63. The number of carbonyl (C=O) groups is 2. The maximum absolute atomic E-state index is 14.1. The Morgan fingerprint density at radius 2 is 1.63 bits per heavy atom. The number of fused-ring (bicyclic) bond motifs is 1. The van der Waals surface area contributed by atoms with Gasteiger partial charge in [-0.25, -0.2) is 16.8 Å². The molecule has 1 unspecified atom stereocenters. The van der Waals surface area contributed by atoms with Crippen LogP contribution in [0.5, 0.6) is 0 Å². The van der Waals surface area contributed by atoms with Crippen LogP contribution in [0.2, 0.25) is 5.02 Å². The van der Waals surface area contributed by atoms with E-state index in [-0.39, 0.29) is 16.2 Å². The van der Waals surface area contributed by atoms with Crippen LogP contribution in [0.15, 0.2) is 94.7 Å². The first-order valence-corrected chi connectivity index (χ1v) is 17.1. The number of ether oxygens (including phenoxy) is 1. The van der Waals surface area contributed by atoms with Crippen molar-refractivity contribution in [3.8, 4) is 11.1 Å². The largest absolute Gasteiger partial charge is 0.469 e. The van der Waals surface area contributed by atoms with E-state index in [1.807, 2.05) is 0 Å². The molecular weight excluding hydrogens is 612 g/mol. The molecule has 1 fully saturated rings. The Morgan fingerprint density at radius 3 is 2.33 bits per heavy atom. The standard InChI is InChI=1S/C31H29ClN2O7S2/c1-41-29(35)20-31(33-43(39,40)26-15-11-22-18-24(32)12-8-23(22)19-26)16-5-17-34(30(31)36)25-13-9-21(10-14-25)27-6-3-4-7-28(27)42(2,37)38/h3-4,6-15,18-19,33H,5,16-17,20H2,1-2H3. The number of halogens is 1. The Bertz CT molecular complexity index is 1940. The number of rotatable bonds is 8. The third-order valence-electron chi connectivity index (χ3n) is 7.50. The Hall–Kier alpha value is -3.77. The Balaban J connectivity index is 1.49. The highest BCUT2D eigenvalue weighted by Crippen LogP contribution is 2.34. The molecule has 43 heavy (non-hydrogen) atoms. The van der Waals surface area contributed by atoms with Gasteiger partial charge in [-0.1, -0.05) is 54.1 Å². The fourth-order valence-corrected chi connectivity index (χ4v) is 7.91. The summed E-state index contributed by atoms with van der Waals surface area (Å²) < 4.78 is 59.4. The van der Waals surface area contributed by atoms with Crippen LogP contribution in [-0.4, -0.2) is 54.2 Å². The summed E-state index contributed by atoms with van der Waals surface area (Å²) in [4.78, 5) is 28.2. The molecule has 0 aliphatic carbocycles. The van der Waals surface area contributed by atoms with E-state index < -0.39 is 43.7 Å². The molecular formula is C31H29ClN2O7S2. The highest BCUT2D eigenvalue weighted by molar-refractivity contribution is 7.91. The van der Waals surface area contributed by atoms with Crippen molar-refractivity contribution in [3.63, 3.8) is 0 Å². The zero-order chi connectivity index (χ0) is 31.0. The molecule has 1 saturated heterocycles. The van der Waals surface area contributed by atoms with Crippen molar-refractivity contribution in [3.05, 3.63) is 90.0 Å². The van der Waals surface area contributed by atoms with Gasteiger partial charge in [0, 0.05) is 29.1 Å². The molecule has 1 aliphatic rings. The zero-order valence-corrected chi connectivity index (χ0v) is 25.8. The van der Waals surface area contributed by atoms with E-state index >= 15 is 0 Å². The lowest BCUT2D eigenvalue weighted by atomic mass is 9.85. The molecule has 9 nitrogen and oxygen atoms in total. The van der Waals surface area contributed by atoms with Crippen LogP contribution in [-0.2, 0) is 34.2 Å². The van der Waals surface area contributed by atoms with Crippen LogP contribution < -0.4 is 9.62 Å². The molecule has 0 aromatic heterocycles. The molecule has 5 rings (SSSR count). The number of esters is 1. The summed E-state index contributed by atoms with van der Waals surface area (Å²) in [5.41, 5.74) is -0.164. The second-order valence-electron chi connectivity index (χ2n) is 10.5. The number of piperidine rings is 1. The maximum atomic E-state index is 14.1. The molecule has 0 bridgehead atoms. The third kappa shape index (κ3) is 6.30. The molecule has 12 heteroatoms. The first kappa shape index (κ1) is 30.7. The molecule has 0 spiro atoms. The van der Waals surface area contributed by atoms with Crippen LogP contribution in [0.25, 0.3) is 21.9 Å². The number of anilines is 1. The van der Waals surface area contributed by atoms with Crippen molar-refractivity contribution in [1.82, 2.24) is 4.72 Å². The highest BCUT2D eigenvalue weighted by atomic mass is 35.5.